The van der Waals surface area contributed by atoms with Crippen LogP contribution in [0.15, 0.2) is 35.0 Å². The second-order valence-electron chi connectivity index (χ2n) is 5.38. The molecule has 0 spiro atoms. The van der Waals surface area contributed by atoms with Crippen molar-refractivity contribution in [3.63, 3.8) is 0 Å². The number of aryl methyl sites for hydroxylation is 1. The maximum atomic E-state index is 5.76. The number of nitrogens with one attached hydrogen (secondary N) is 1. The summed E-state index contributed by atoms with van der Waals surface area (Å²) in [5.74, 6) is 1.44. The molecule has 20 heavy (non-hydrogen) atoms. The third kappa shape index (κ3) is 2.15. The lowest BCUT2D eigenvalue weighted by molar-refractivity contribution is 0.533. The van der Waals surface area contributed by atoms with Crippen molar-refractivity contribution in [1.29, 1.82) is 0 Å². The SMILES string of the molecule is Cn1cc(CNc2ccc3oc(C4CC4)nc3c2)cn1. The first-order chi connectivity index (χ1) is 9.78. The second kappa shape index (κ2) is 4.37. The molecule has 5 nitrogen and oxygen atoms in total. The molecule has 0 bridgehead atoms. The smallest absolute Gasteiger partial charge is 0.198 e. The minimum absolute atomic E-state index is 0.550. The Hall–Kier alpha value is -2.30. The predicted molar refractivity (Wildman–Crippen MR) is 76.5 cm³/mol. The maximum absolute atomic E-state index is 5.76. The maximum Gasteiger partial charge on any atom is 0.198 e. The van der Waals surface area contributed by atoms with Crippen molar-refractivity contribution in [1.82, 2.24) is 14.8 Å². The van der Waals surface area contributed by atoms with Gasteiger partial charge in [-0.3, -0.25) is 4.68 Å². The fourth-order valence-corrected chi connectivity index (χ4v) is 2.33. The summed E-state index contributed by atoms with van der Waals surface area (Å²) in [6.45, 7) is 0.757. The number of hydrogen-bond acceptors (Lipinski definition) is 4. The van der Waals surface area contributed by atoms with Crippen molar-refractivity contribution < 1.29 is 4.42 Å². The number of benzene rings is 1. The molecular formula is C15H16N4O. The molecular weight excluding hydrogens is 252 g/mol. The number of fused-ring (bicyclic) bond motifs is 1. The van der Waals surface area contributed by atoms with E-state index in [0.717, 1.165) is 34.8 Å². The zero-order valence-corrected chi connectivity index (χ0v) is 11.3. The molecule has 4 rings (SSSR count). The highest BCUT2D eigenvalue weighted by Crippen LogP contribution is 2.40. The van der Waals surface area contributed by atoms with Crippen LogP contribution in [0.2, 0.25) is 0 Å². The van der Waals surface area contributed by atoms with Crippen molar-refractivity contribution in [3.8, 4) is 0 Å². The van der Waals surface area contributed by atoms with E-state index in [4.69, 9.17) is 4.42 Å². The normalized spacial score (nSPS) is 14.8. The van der Waals surface area contributed by atoms with Gasteiger partial charge in [-0.15, -0.1) is 0 Å². The first-order valence-corrected chi connectivity index (χ1v) is 6.90. The molecule has 0 atom stereocenters. The number of oxazole rings is 1. The summed E-state index contributed by atoms with van der Waals surface area (Å²) in [4.78, 5) is 4.57. The summed E-state index contributed by atoms with van der Waals surface area (Å²) in [6, 6.07) is 6.06. The van der Waals surface area contributed by atoms with Crippen LogP contribution < -0.4 is 5.32 Å². The second-order valence-corrected chi connectivity index (χ2v) is 5.38. The number of anilines is 1. The van der Waals surface area contributed by atoms with Gasteiger partial charge in [-0.25, -0.2) is 4.98 Å². The predicted octanol–water partition coefficient (Wildman–Crippen LogP) is 3.05. The van der Waals surface area contributed by atoms with Gasteiger partial charge < -0.3 is 9.73 Å². The number of nitrogens with zero attached hydrogens (tertiary/aromatic N) is 3. The van der Waals surface area contributed by atoms with Gasteiger partial charge in [0.25, 0.3) is 0 Å². The standard InChI is InChI=1S/C15H16N4O/c1-19-9-10(8-17-19)7-16-12-4-5-14-13(6-12)18-15(20-14)11-2-3-11/h4-6,8-9,11,16H,2-3,7H2,1H3. The minimum Gasteiger partial charge on any atom is -0.440 e. The summed E-state index contributed by atoms with van der Waals surface area (Å²) in [7, 11) is 1.92. The third-order valence-corrected chi connectivity index (χ3v) is 3.59. The van der Waals surface area contributed by atoms with Gasteiger partial charge in [-0.05, 0) is 31.0 Å². The quantitative estimate of drug-likeness (QED) is 0.790. The molecule has 1 aliphatic rings. The lowest BCUT2D eigenvalue weighted by atomic mass is 10.2. The van der Waals surface area contributed by atoms with Crippen molar-refractivity contribution in [2.75, 3.05) is 5.32 Å². The molecule has 1 fully saturated rings. The Morgan fingerprint density at radius 1 is 1.40 bits per heavy atom. The summed E-state index contributed by atoms with van der Waals surface area (Å²) in [5, 5.41) is 7.54. The van der Waals surface area contributed by atoms with Gasteiger partial charge in [0.05, 0.1) is 6.20 Å². The van der Waals surface area contributed by atoms with Crippen LogP contribution in [-0.4, -0.2) is 14.8 Å². The van der Waals surface area contributed by atoms with Crippen molar-refractivity contribution >= 4 is 16.8 Å². The highest BCUT2D eigenvalue weighted by atomic mass is 16.3. The molecule has 0 saturated heterocycles. The Morgan fingerprint density at radius 2 is 2.30 bits per heavy atom. The molecule has 0 radical (unpaired) electrons. The Kier molecular flexibility index (Phi) is 2.52. The molecule has 1 N–H and O–H groups in total. The molecule has 2 aromatic heterocycles. The van der Waals surface area contributed by atoms with E-state index in [1.54, 1.807) is 4.68 Å². The van der Waals surface area contributed by atoms with Crippen LogP contribution in [0.3, 0.4) is 0 Å². The van der Waals surface area contributed by atoms with Crippen LogP contribution in [-0.2, 0) is 13.6 Å². The Bertz CT molecular complexity index is 754. The fourth-order valence-electron chi connectivity index (χ4n) is 2.33. The monoisotopic (exact) mass is 268 g/mol. The average Bonchev–Trinajstić information content (AvgIpc) is 3.08. The topological polar surface area (TPSA) is 55.9 Å². The number of aromatic nitrogens is 3. The first kappa shape index (κ1) is 11.5. The van der Waals surface area contributed by atoms with Crippen molar-refractivity contribution in [2.45, 2.75) is 25.3 Å². The van der Waals surface area contributed by atoms with Gasteiger partial charge >= 0.3 is 0 Å². The zero-order chi connectivity index (χ0) is 13.5. The van der Waals surface area contributed by atoms with E-state index in [1.165, 1.54) is 12.8 Å². The molecule has 0 unspecified atom stereocenters. The minimum atomic E-state index is 0.550. The molecule has 1 aliphatic carbocycles. The molecule has 0 amide bonds. The van der Waals surface area contributed by atoms with E-state index in [0.29, 0.717) is 5.92 Å². The van der Waals surface area contributed by atoms with Gasteiger partial charge in [-0.1, -0.05) is 0 Å². The van der Waals surface area contributed by atoms with Crippen LogP contribution >= 0.6 is 0 Å². The van der Waals surface area contributed by atoms with E-state index in [2.05, 4.69) is 15.4 Å². The molecule has 1 saturated carbocycles. The number of rotatable bonds is 4. The third-order valence-electron chi connectivity index (χ3n) is 3.59. The van der Waals surface area contributed by atoms with Gasteiger partial charge in [0.2, 0.25) is 0 Å². The highest BCUT2D eigenvalue weighted by Gasteiger charge is 2.28. The van der Waals surface area contributed by atoms with E-state index in [1.807, 2.05) is 37.6 Å². The van der Waals surface area contributed by atoms with Gasteiger partial charge in [0.15, 0.2) is 11.5 Å². The lowest BCUT2D eigenvalue weighted by Gasteiger charge is -2.03. The molecule has 0 aliphatic heterocycles. The molecule has 102 valence electrons. The molecule has 2 heterocycles. The molecule has 3 aromatic rings. The summed E-state index contributed by atoms with van der Waals surface area (Å²) in [6.07, 6.45) is 6.29. The van der Waals surface area contributed by atoms with Gasteiger partial charge in [0.1, 0.15) is 5.52 Å². The largest absolute Gasteiger partial charge is 0.440 e. The van der Waals surface area contributed by atoms with Crippen LogP contribution in [0.25, 0.3) is 11.1 Å². The fraction of sp³-hybridized carbons (Fsp3) is 0.333. The van der Waals surface area contributed by atoms with Gasteiger partial charge in [-0.2, -0.15) is 5.10 Å². The average molecular weight is 268 g/mol. The van der Waals surface area contributed by atoms with E-state index < -0.39 is 0 Å². The molecule has 5 heteroatoms. The van der Waals surface area contributed by atoms with E-state index >= 15 is 0 Å². The van der Waals surface area contributed by atoms with E-state index in [-0.39, 0.29) is 0 Å². The van der Waals surface area contributed by atoms with Gasteiger partial charge in [0, 0.05) is 37.0 Å². The zero-order valence-electron chi connectivity index (χ0n) is 11.3. The highest BCUT2D eigenvalue weighted by molar-refractivity contribution is 5.77. The summed E-state index contributed by atoms with van der Waals surface area (Å²) >= 11 is 0. The first-order valence-electron chi connectivity index (χ1n) is 6.90. The Morgan fingerprint density at radius 3 is 3.05 bits per heavy atom. The Balaban J connectivity index is 1.54. The van der Waals surface area contributed by atoms with Crippen molar-refractivity contribution in [3.05, 3.63) is 42.0 Å². The van der Waals surface area contributed by atoms with Crippen LogP contribution in [0.5, 0.6) is 0 Å². The lowest BCUT2D eigenvalue weighted by Crippen LogP contribution is -1.98. The number of hydrogen-bond donors (Lipinski definition) is 1. The molecule has 1 aromatic carbocycles. The summed E-state index contributed by atoms with van der Waals surface area (Å²) in [5.41, 5.74) is 4.02. The van der Waals surface area contributed by atoms with Crippen LogP contribution in [0.4, 0.5) is 5.69 Å². The van der Waals surface area contributed by atoms with E-state index in [9.17, 15) is 0 Å². The summed E-state index contributed by atoms with van der Waals surface area (Å²) < 4.78 is 7.57. The van der Waals surface area contributed by atoms with Crippen molar-refractivity contribution in [2.24, 2.45) is 7.05 Å². The Labute approximate surface area is 116 Å². The van der Waals surface area contributed by atoms with Crippen LogP contribution in [0, 0.1) is 0 Å². The van der Waals surface area contributed by atoms with Crippen LogP contribution in [0.1, 0.15) is 30.2 Å².